The van der Waals surface area contributed by atoms with Crippen molar-refractivity contribution in [1.29, 1.82) is 0 Å². The van der Waals surface area contributed by atoms with Crippen molar-refractivity contribution in [1.82, 2.24) is 5.32 Å². The minimum absolute atomic E-state index is 0.0559. The van der Waals surface area contributed by atoms with Gasteiger partial charge in [0.15, 0.2) is 13.1 Å². The second-order valence-corrected chi connectivity index (χ2v) is 5.47. The van der Waals surface area contributed by atoms with Crippen LogP contribution in [0, 0.1) is 0 Å². The van der Waals surface area contributed by atoms with E-state index in [2.05, 4.69) is 10.6 Å². The number of carbonyl (C=O) groups is 2. The van der Waals surface area contributed by atoms with Crippen LogP contribution in [0.25, 0.3) is 0 Å². The van der Waals surface area contributed by atoms with E-state index in [0.29, 0.717) is 23.0 Å². The van der Waals surface area contributed by atoms with Crippen molar-refractivity contribution in [2.75, 3.05) is 39.1 Å². The maximum atomic E-state index is 11.9. The molecule has 0 fully saturated rings. The summed E-state index contributed by atoms with van der Waals surface area (Å²) in [6.45, 7) is 3.10. The van der Waals surface area contributed by atoms with E-state index in [1.54, 1.807) is 25.2 Å². The number of likely N-dealkylation sites (N-methyl/N-ethyl adjacent to an activating group) is 1. The number of rotatable bonds is 8. The number of hydrogen-bond donors (Lipinski definition) is 3. The van der Waals surface area contributed by atoms with E-state index >= 15 is 0 Å². The third kappa shape index (κ3) is 6.32. The molecule has 0 bridgehead atoms. The lowest BCUT2D eigenvalue weighted by atomic mass is 10.3. The predicted molar refractivity (Wildman–Crippen MR) is 86.6 cm³/mol. The van der Waals surface area contributed by atoms with E-state index in [4.69, 9.17) is 16.3 Å². The second kappa shape index (κ2) is 9.27. The molecule has 0 saturated heterocycles. The van der Waals surface area contributed by atoms with Gasteiger partial charge in [-0.15, -0.1) is 0 Å². The molecule has 0 aliphatic carbocycles. The average molecular weight is 329 g/mol. The number of halogens is 1. The summed E-state index contributed by atoms with van der Waals surface area (Å²) in [7, 11) is 3.33. The van der Waals surface area contributed by atoms with Crippen LogP contribution in [0.4, 0.5) is 5.69 Å². The Labute approximate surface area is 135 Å². The smallest absolute Gasteiger partial charge is 0.279 e. The van der Waals surface area contributed by atoms with Gasteiger partial charge in [0.05, 0.1) is 19.2 Å². The minimum Gasteiger partial charge on any atom is -0.495 e. The number of benzene rings is 1. The van der Waals surface area contributed by atoms with E-state index in [9.17, 15) is 9.59 Å². The fourth-order valence-corrected chi connectivity index (χ4v) is 2.14. The van der Waals surface area contributed by atoms with Gasteiger partial charge in [-0.1, -0.05) is 18.5 Å². The first-order valence-electron chi connectivity index (χ1n) is 7.17. The van der Waals surface area contributed by atoms with E-state index in [1.165, 1.54) is 7.11 Å². The molecule has 122 valence electrons. The molecular formula is C15H23ClN3O3+. The standard InChI is InChI=1S/C15H22ClN3O3/c1-4-7-17-14(20)9-19(2)10-15(21)18-11-5-6-13(22-3)12(16)8-11/h5-6,8H,4,7,9-10H2,1-3H3,(H,17,20)(H,18,21)/p+1. The Bertz CT molecular complexity index is 523. The first-order chi connectivity index (χ1) is 10.5. The summed E-state index contributed by atoms with van der Waals surface area (Å²) in [5.74, 6) is 0.316. The first-order valence-corrected chi connectivity index (χ1v) is 7.55. The third-order valence-electron chi connectivity index (χ3n) is 2.93. The van der Waals surface area contributed by atoms with E-state index < -0.39 is 0 Å². The van der Waals surface area contributed by atoms with Gasteiger partial charge in [0.25, 0.3) is 11.8 Å². The van der Waals surface area contributed by atoms with Crippen molar-refractivity contribution in [3.05, 3.63) is 23.2 Å². The van der Waals surface area contributed by atoms with Crippen molar-refractivity contribution in [3.63, 3.8) is 0 Å². The van der Waals surface area contributed by atoms with Gasteiger partial charge in [-0.05, 0) is 24.6 Å². The first kappa shape index (κ1) is 18.3. The lowest BCUT2D eigenvalue weighted by molar-refractivity contribution is -0.862. The van der Waals surface area contributed by atoms with Crippen LogP contribution < -0.4 is 20.3 Å². The summed E-state index contributed by atoms with van der Waals surface area (Å²) in [4.78, 5) is 24.3. The molecule has 0 aromatic heterocycles. The van der Waals surface area contributed by atoms with Crippen molar-refractivity contribution in [2.45, 2.75) is 13.3 Å². The number of hydrogen-bond acceptors (Lipinski definition) is 3. The molecule has 1 rings (SSSR count). The highest BCUT2D eigenvalue weighted by molar-refractivity contribution is 6.32. The number of nitrogens with one attached hydrogen (secondary N) is 3. The second-order valence-electron chi connectivity index (χ2n) is 5.06. The summed E-state index contributed by atoms with van der Waals surface area (Å²) < 4.78 is 5.05. The molecule has 0 aliphatic rings. The van der Waals surface area contributed by atoms with Crippen LogP contribution >= 0.6 is 11.6 Å². The summed E-state index contributed by atoms with van der Waals surface area (Å²) in [5, 5.41) is 5.96. The van der Waals surface area contributed by atoms with Crippen molar-refractivity contribution in [3.8, 4) is 5.75 Å². The molecule has 3 N–H and O–H groups in total. The Morgan fingerprint density at radius 1 is 1.27 bits per heavy atom. The lowest BCUT2D eigenvalue weighted by Crippen LogP contribution is -3.11. The zero-order valence-electron chi connectivity index (χ0n) is 13.2. The van der Waals surface area contributed by atoms with Gasteiger partial charge in [0, 0.05) is 12.2 Å². The summed E-state index contributed by atoms with van der Waals surface area (Å²) >= 11 is 6.00. The Kier molecular flexibility index (Phi) is 7.70. The molecule has 1 aromatic rings. The van der Waals surface area contributed by atoms with Gasteiger partial charge >= 0.3 is 0 Å². The van der Waals surface area contributed by atoms with Gasteiger partial charge < -0.3 is 20.3 Å². The van der Waals surface area contributed by atoms with E-state index in [-0.39, 0.29) is 24.9 Å². The number of ether oxygens (including phenoxy) is 1. The highest BCUT2D eigenvalue weighted by atomic mass is 35.5. The van der Waals surface area contributed by atoms with E-state index in [0.717, 1.165) is 11.3 Å². The number of quaternary nitrogens is 1. The Morgan fingerprint density at radius 2 is 1.95 bits per heavy atom. The molecule has 6 nitrogen and oxygen atoms in total. The number of anilines is 1. The third-order valence-corrected chi connectivity index (χ3v) is 3.23. The Hall–Kier alpha value is -1.79. The van der Waals surface area contributed by atoms with Crippen molar-refractivity contribution >= 4 is 29.1 Å². The highest BCUT2D eigenvalue weighted by Gasteiger charge is 2.14. The Balaban J connectivity index is 2.45. The van der Waals surface area contributed by atoms with Crippen LogP contribution in [0.2, 0.25) is 5.02 Å². The van der Waals surface area contributed by atoms with Crippen molar-refractivity contribution < 1.29 is 19.2 Å². The lowest BCUT2D eigenvalue weighted by Gasteiger charge is -2.14. The van der Waals surface area contributed by atoms with Gasteiger partial charge in [0.1, 0.15) is 5.75 Å². The van der Waals surface area contributed by atoms with Crippen LogP contribution in [0.15, 0.2) is 18.2 Å². The zero-order valence-corrected chi connectivity index (χ0v) is 13.9. The summed E-state index contributed by atoms with van der Waals surface area (Å²) in [6, 6.07) is 5.03. The normalized spacial score (nSPS) is 11.6. The van der Waals surface area contributed by atoms with Gasteiger partial charge in [-0.2, -0.15) is 0 Å². The fourth-order valence-electron chi connectivity index (χ4n) is 1.89. The number of methoxy groups -OCH3 is 1. The average Bonchev–Trinajstić information content (AvgIpc) is 2.44. The molecule has 0 heterocycles. The quantitative estimate of drug-likeness (QED) is 0.644. The summed E-state index contributed by atoms with van der Waals surface area (Å²) in [6.07, 6.45) is 0.892. The molecule has 1 aromatic carbocycles. The van der Waals surface area contributed by atoms with Crippen LogP contribution in [0.3, 0.4) is 0 Å². The Morgan fingerprint density at radius 3 is 2.55 bits per heavy atom. The van der Waals surface area contributed by atoms with Crippen LogP contribution in [-0.4, -0.2) is 45.6 Å². The molecule has 0 spiro atoms. The molecule has 22 heavy (non-hydrogen) atoms. The van der Waals surface area contributed by atoms with Gasteiger partial charge in [0.2, 0.25) is 0 Å². The van der Waals surface area contributed by atoms with Crippen LogP contribution in [0.1, 0.15) is 13.3 Å². The summed E-state index contributed by atoms with van der Waals surface area (Å²) in [5.41, 5.74) is 0.596. The van der Waals surface area contributed by atoms with Crippen LogP contribution in [0.5, 0.6) is 5.75 Å². The number of amides is 2. The monoisotopic (exact) mass is 328 g/mol. The molecule has 0 radical (unpaired) electrons. The largest absolute Gasteiger partial charge is 0.495 e. The van der Waals surface area contributed by atoms with Gasteiger partial charge in [-0.3, -0.25) is 9.59 Å². The molecule has 0 saturated carbocycles. The van der Waals surface area contributed by atoms with Crippen molar-refractivity contribution in [2.24, 2.45) is 0 Å². The molecule has 0 aliphatic heterocycles. The zero-order chi connectivity index (χ0) is 16.5. The fraction of sp³-hybridized carbons (Fsp3) is 0.467. The highest BCUT2D eigenvalue weighted by Crippen LogP contribution is 2.26. The van der Waals surface area contributed by atoms with Gasteiger partial charge in [-0.25, -0.2) is 0 Å². The molecule has 1 unspecified atom stereocenters. The molecule has 7 heteroatoms. The predicted octanol–water partition coefficient (Wildman–Crippen LogP) is 0.328. The molecule has 2 amide bonds. The maximum absolute atomic E-state index is 11.9. The van der Waals surface area contributed by atoms with E-state index in [1.807, 2.05) is 6.92 Å². The topological polar surface area (TPSA) is 71.9 Å². The number of carbonyl (C=O) groups excluding carboxylic acids is 2. The van der Waals surface area contributed by atoms with Crippen LogP contribution in [-0.2, 0) is 9.59 Å². The minimum atomic E-state index is -0.179. The molecular weight excluding hydrogens is 306 g/mol. The maximum Gasteiger partial charge on any atom is 0.279 e. The SMILES string of the molecule is CCCNC(=O)C[NH+](C)CC(=O)Nc1ccc(OC)c(Cl)c1. The molecule has 1 atom stereocenters.